The van der Waals surface area contributed by atoms with Crippen LogP contribution in [0.3, 0.4) is 0 Å². The summed E-state index contributed by atoms with van der Waals surface area (Å²) in [6.45, 7) is 2.49. The number of rotatable bonds is 0. The molecule has 9 heavy (non-hydrogen) atoms. The minimum Gasteiger partial charge on any atom is -0.311 e. The summed E-state index contributed by atoms with van der Waals surface area (Å²) in [5.41, 5.74) is 0. The van der Waals surface area contributed by atoms with E-state index in [1.807, 2.05) is 0 Å². The van der Waals surface area contributed by atoms with E-state index in [0.29, 0.717) is 0 Å². The molecule has 52 valence electrons. The van der Waals surface area contributed by atoms with Gasteiger partial charge < -0.3 is 10.2 Å². The van der Waals surface area contributed by atoms with Gasteiger partial charge in [-0.1, -0.05) is 0 Å². The molecule has 3 heterocycles. The van der Waals surface area contributed by atoms with Crippen molar-refractivity contribution in [2.24, 2.45) is 0 Å². The van der Waals surface area contributed by atoms with Gasteiger partial charge in [-0.05, 0) is 19.9 Å². The summed E-state index contributed by atoms with van der Waals surface area (Å²) < 4.78 is 0. The number of fused-ring (bicyclic) bond motifs is 3. The summed E-state index contributed by atoms with van der Waals surface area (Å²) in [6.07, 6.45) is 2.81. The maximum atomic E-state index is 3.51. The summed E-state index contributed by atoms with van der Waals surface area (Å²) in [4.78, 5) is 2.48. The van der Waals surface area contributed by atoms with Crippen molar-refractivity contribution in [3.63, 3.8) is 0 Å². The largest absolute Gasteiger partial charge is 0.311 e. The van der Waals surface area contributed by atoms with E-state index in [2.05, 4.69) is 17.3 Å². The molecular formula is C7H14N2. The number of piperidine rings is 2. The van der Waals surface area contributed by atoms with Crippen molar-refractivity contribution in [3.05, 3.63) is 0 Å². The highest BCUT2D eigenvalue weighted by molar-refractivity contribution is 4.90. The molecule has 0 aromatic carbocycles. The Morgan fingerprint density at radius 1 is 1.44 bits per heavy atom. The van der Waals surface area contributed by atoms with Crippen LogP contribution in [0, 0.1) is 0 Å². The van der Waals surface area contributed by atoms with Crippen molar-refractivity contribution < 1.29 is 0 Å². The van der Waals surface area contributed by atoms with Crippen LogP contribution in [0.1, 0.15) is 12.8 Å². The Morgan fingerprint density at radius 2 is 2.33 bits per heavy atom. The Kier molecular flexibility index (Phi) is 1.24. The minimum atomic E-state index is 0.806. The van der Waals surface area contributed by atoms with Crippen LogP contribution < -0.4 is 5.32 Å². The van der Waals surface area contributed by atoms with Gasteiger partial charge in [-0.2, -0.15) is 0 Å². The molecule has 3 aliphatic heterocycles. The number of hydrogen-bond acceptors (Lipinski definition) is 2. The van der Waals surface area contributed by atoms with E-state index >= 15 is 0 Å². The van der Waals surface area contributed by atoms with Gasteiger partial charge in [0, 0.05) is 25.2 Å². The van der Waals surface area contributed by atoms with E-state index in [1.165, 1.54) is 25.9 Å². The number of hydrogen-bond donors (Lipinski definition) is 1. The molecule has 0 saturated carbocycles. The van der Waals surface area contributed by atoms with Gasteiger partial charge in [0.15, 0.2) is 0 Å². The normalized spacial score (nSPS) is 43.7. The third kappa shape index (κ3) is 0.864. The molecule has 0 aromatic heterocycles. The maximum absolute atomic E-state index is 3.51. The van der Waals surface area contributed by atoms with E-state index in [0.717, 1.165) is 12.1 Å². The lowest BCUT2D eigenvalue weighted by Gasteiger charge is -2.44. The van der Waals surface area contributed by atoms with Gasteiger partial charge in [0.05, 0.1) is 0 Å². The third-order valence-electron chi connectivity index (χ3n) is 2.62. The Balaban J connectivity index is 2.06. The average molecular weight is 126 g/mol. The molecule has 0 aromatic rings. The lowest BCUT2D eigenvalue weighted by atomic mass is 9.94. The number of nitrogens with one attached hydrogen (secondary N) is 1. The summed E-state index contributed by atoms with van der Waals surface area (Å²) in [5, 5.41) is 3.51. The summed E-state index contributed by atoms with van der Waals surface area (Å²) in [5.74, 6) is 0. The second-order valence-corrected chi connectivity index (χ2v) is 3.28. The quantitative estimate of drug-likeness (QED) is 0.493. The Morgan fingerprint density at radius 3 is 2.56 bits per heavy atom. The van der Waals surface area contributed by atoms with Crippen molar-refractivity contribution in [1.29, 1.82) is 0 Å². The maximum Gasteiger partial charge on any atom is 0.0218 e. The molecule has 2 atom stereocenters. The van der Waals surface area contributed by atoms with Crippen LogP contribution in [0.15, 0.2) is 0 Å². The monoisotopic (exact) mass is 126 g/mol. The molecule has 3 rings (SSSR count). The molecule has 0 radical (unpaired) electrons. The first-order chi connectivity index (χ1) is 4.36. The van der Waals surface area contributed by atoms with E-state index < -0.39 is 0 Å². The smallest absolute Gasteiger partial charge is 0.0218 e. The van der Waals surface area contributed by atoms with Crippen molar-refractivity contribution >= 4 is 0 Å². The average Bonchev–Trinajstić information content (AvgIpc) is 1.90. The highest BCUT2D eigenvalue weighted by Crippen LogP contribution is 2.19. The number of likely N-dealkylation sites (N-methyl/N-ethyl adjacent to an activating group) is 1. The molecule has 3 aliphatic rings. The van der Waals surface area contributed by atoms with Crippen molar-refractivity contribution in [2.45, 2.75) is 24.9 Å². The number of nitrogens with zero attached hydrogens (tertiary/aromatic N) is 1. The zero-order chi connectivity index (χ0) is 6.27. The first-order valence-electron chi connectivity index (χ1n) is 3.80. The van der Waals surface area contributed by atoms with E-state index in [4.69, 9.17) is 0 Å². The predicted octanol–water partition coefficient (Wildman–Crippen LogP) is 0.0524. The molecule has 1 N–H and O–H groups in total. The molecule has 3 fully saturated rings. The summed E-state index contributed by atoms with van der Waals surface area (Å²) in [7, 11) is 2.23. The van der Waals surface area contributed by atoms with Crippen molar-refractivity contribution in [1.82, 2.24) is 10.2 Å². The molecular weight excluding hydrogens is 112 g/mol. The van der Waals surface area contributed by atoms with Crippen LogP contribution in [0.5, 0.6) is 0 Å². The summed E-state index contributed by atoms with van der Waals surface area (Å²) >= 11 is 0. The second kappa shape index (κ2) is 1.96. The zero-order valence-corrected chi connectivity index (χ0v) is 5.93. The van der Waals surface area contributed by atoms with E-state index in [1.54, 1.807) is 0 Å². The fourth-order valence-corrected chi connectivity index (χ4v) is 1.93. The first kappa shape index (κ1) is 5.69. The molecule has 3 saturated heterocycles. The van der Waals surface area contributed by atoms with Crippen LogP contribution in [0.2, 0.25) is 0 Å². The Labute approximate surface area is 56.2 Å². The third-order valence-corrected chi connectivity index (χ3v) is 2.62. The molecule has 0 spiro atoms. The molecule has 0 amide bonds. The predicted molar refractivity (Wildman–Crippen MR) is 37.4 cm³/mol. The van der Waals surface area contributed by atoms with Crippen molar-refractivity contribution in [3.8, 4) is 0 Å². The molecule has 0 aliphatic carbocycles. The van der Waals surface area contributed by atoms with Gasteiger partial charge >= 0.3 is 0 Å². The lowest BCUT2D eigenvalue weighted by Crippen LogP contribution is -2.59. The van der Waals surface area contributed by atoms with Crippen LogP contribution in [0.25, 0.3) is 0 Å². The zero-order valence-electron chi connectivity index (χ0n) is 5.93. The van der Waals surface area contributed by atoms with Crippen LogP contribution in [0.4, 0.5) is 0 Å². The van der Waals surface area contributed by atoms with E-state index in [9.17, 15) is 0 Å². The number of piperazine rings is 1. The van der Waals surface area contributed by atoms with Gasteiger partial charge in [0.25, 0.3) is 0 Å². The van der Waals surface area contributed by atoms with Gasteiger partial charge in [-0.3, -0.25) is 0 Å². The van der Waals surface area contributed by atoms with E-state index in [-0.39, 0.29) is 0 Å². The molecule has 2 nitrogen and oxygen atoms in total. The Bertz CT molecular complexity index is 105. The second-order valence-electron chi connectivity index (χ2n) is 3.28. The van der Waals surface area contributed by atoms with Crippen LogP contribution in [-0.2, 0) is 0 Å². The topological polar surface area (TPSA) is 15.3 Å². The van der Waals surface area contributed by atoms with Crippen LogP contribution >= 0.6 is 0 Å². The molecule has 0 unspecified atom stereocenters. The van der Waals surface area contributed by atoms with Gasteiger partial charge in [0.2, 0.25) is 0 Å². The molecule has 2 heteroatoms. The minimum absolute atomic E-state index is 0.806. The summed E-state index contributed by atoms with van der Waals surface area (Å²) in [6, 6.07) is 1.65. The molecule has 2 bridgehead atoms. The Hall–Kier alpha value is -0.0800. The van der Waals surface area contributed by atoms with Crippen molar-refractivity contribution in [2.75, 3.05) is 20.1 Å². The highest BCUT2D eigenvalue weighted by atomic mass is 15.2. The SMILES string of the molecule is CN1C[C@@H]2CC[C@H]1CN2. The standard InChI is InChI=1S/C7H14N2/c1-9-5-6-2-3-7(9)4-8-6/h6-8H,2-5H2,1H3/t6-,7-/m0/s1. The fourth-order valence-electron chi connectivity index (χ4n) is 1.93. The fraction of sp³-hybridized carbons (Fsp3) is 1.00. The van der Waals surface area contributed by atoms with Gasteiger partial charge in [-0.15, -0.1) is 0 Å². The first-order valence-corrected chi connectivity index (χ1v) is 3.80. The van der Waals surface area contributed by atoms with Crippen LogP contribution in [-0.4, -0.2) is 37.1 Å². The van der Waals surface area contributed by atoms with Gasteiger partial charge in [0.1, 0.15) is 0 Å². The highest BCUT2D eigenvalue weighted by Gasteiger charge is 2.30. The lowest BCUT2D eigenvalue weighted by molar-refractivity contribution is 0.101. The van der Waals surface area contributed by atoms with Gasteiger partial charge in [-0.25, -0.2) is 0 Å².